The van der Waals surface area contributed by atoms with Gasteiger partial charge < -0.3 is 9.80 Å². The minimum Gasteiger partial charge on any atom is -0.335 e. The van der Waals surface area contributed by atoms with Crippen molar-refractivity contribution in [3.63, 3.8) is 0 Å². The summed E-state index contributed by atoms with van der Waals surface area (Å²) in [6.45, 7) is 3.41. The van der Waals surface area contributed by atoms with Crippen LogP contribution in [0.25, 0.3) is 0 Å². The van der Waals surface area contributed by atoms with E-state index in [1.807, 2.05) is 25.1 Å². The minimum absolute atomic E-state index is 0.0574. The van der Waals surface area contributed by atoms with Gasteiger partial charge in [0, 0.05) is 37.3 Å². The normalized spacial score (nSPS) is 14.5. The van der Waals surface area contributed by atoms with E-state index in [9.17, 15) is 18.4 Å². The maximum Gasteiger partial charge on any atom is 0.254 e. The molecule has 6 heteroatoms. The van der Waals surface area contributed by atoms with Crippen molar-refractivity contribution >= 4 is 11.8 Å². The lowest BCUT2D eigenvalue weighted by atomic mass is 10.1. The largest absolute Gasteiger partial charge is 0.335 e. The number of amides is 2. The Bertz CT molecular complexity index is 815. The first-order chi connectivity index (χ1) is 12.0. The van der Waals surface area contributed by atoms with E-state index in [4.69, 9.17) is 0 Å². The molecule has 0 N–H and O–H groups in total. The van der Waals surface area contributed by atoms with Crippen LogP contribution in [0.15, 0.2) is 42.5 Å². The third kappa shape index (κ3) is 3.52. The molecule has 0 bridgehead atoms. The van der Waals surface area contributed by atoms with Crippen LogP contribution in [0.2, 0.25) is 0 Å². The smallest absolute Gasteiger partial charge is 0.254 e. The lowest BCUT2D eigenvalue weighted by Gasteiger charge is -2.35. The molecule has 0 aliphatic carbocycles. The summed E-state index contributed by atoms with van der Waals surface area (Å²) < 4.78 is 26.3. The van der Waals surface area contributed by atoms with Crippen molar-refractivity contribution in [3.05, 3.63) is 70.8 Å². The molecule has 25 heavy (non-hydrogen) atoms. The lowest BCUT2D eigenvalue weighted by molar-refractivity contribution is 0.0534. The zero-order chi connectivity index (χ0) is 18.0. The molecular formula is C19H18F2N2O2. The van der Waals surface area contributed by atoms with Gasteiger partial charge in [-0.05, 0) is 36.8 Å². The van der Waals surface area contributed by atoms with Crippen LogP contribution in [0.1, 0.15) is 26.3 Å². The Kier molecular flexibility index (Phi) is 4.79. The van der Waals surface area contributed by atoms with Crippen molar-refractivity contribution in [2.75, 3.05) is 26.2 Å². The summed E-state index contributed by atoms with van der Waals surface area (Å²) in [5, 5.41) is 0. The molecule has 3 rings (SSSR count). The highest BCUT2D eigenvalue weighted by Gasteiger charge is 2.26. The quantitative estimate of drug-likeness (QED) is 0.841. The second-order valence-corrected chi connectivity index (χ2v) is 6.03. The van der Waals surface area contributed by atoms with Crippen molar-refractivity contribution in [2.24, 2.45) is 0 Å². The van der Waals surface area contributed by atoms with Gasteiger partial charge >= 0.3 is 0 Å². The average molecular weight is 344 g/mol. The zero-order valence-corrected chi connectivity index (χ0v) is 13.8. The number of carbonyl (C=O) groups is 2. The number of halogens is 2. The molecule has 1 fully saturated rings. The molecule has 1 aliphatic heterocycles. The van der Waals surface area contributed by atoms with Crippen LogP contribution in [0.4, 0.5) is 8.78 Å². The molecule has 1 saturated heterocycles. The molecule has 1 aliphatic rings. The van der Waals surface area contributed by atoms with Gasteiger partial charge in [0.2, 0.25) is 0 Å². The molecule has 0 aromatic heterocycles. The maximum absolute atomic E-state index is 13.3. The standard InChI is InChI=1S/C19H18F2N2O2/c1-13-4-2-3-5-15(13)19(25)23-10-8-22(9-11-23)18(24)14-6-7-16(20)17(21)12-14/h2-7,12H,8-11H2,1H3. The fraction of sp³-hybridized carbons (Fsp3) is 0.263. The van der Waals surface area contributed by atoms with Gasteiger partial charge in [0.15, 0.2) is 11.6 Å². The lowest BCUT2D eigenvalue weighted by Crippen LogP contribution is -2.50. The molecule has 4 nitrogen and oxygen atoms in total. The number of benzene rings is 2. The molecule has 0 unspecified atom stereocenters. The number of hydrogen-bond acceptors (Lipinski definition) is 2. The van der Waals surface area contributed by atoms with Gasteiger partial charge in [-0.25, -0.2) is 8.78 Å². The summed E-state index contributed by atoms with van der Waals surface area (Å²) in [7, 11) is 0. The van der Waals surface area contributed by atoms with Crippen LogP contribution < -0.4 is 0 Å². The highest BCUT2D eigenvalue weighted by molar-refractivity contribution is 5.96. The van der Waals surface area contributed by atoms with E-state index in [0.717, 1.165) is 17.7 Å². The summed E-state index contributed by atoms with van der Waals surface area (Å²) in [6.07, 6.45) is 0. The molecule has 2 aromatic carbocycles. The Morgan fingerprint density at radius 1 is 0.840 bits per heavy atom. The summed E-state index contributed by atoms with van der Waals surface area (Å²) in [5.41, 5.74) is 1.67. The van der Waals surface area contributed by atoms with Crippen LogP contribution in [-0.2, 0) is 0 Å². The summed E-state index contributed by atoms with van der Waals surface area (Å²) in [5.74, 6) is -2.44. The SMILES string of the molecule is Cc1ccccc1C(=O)N1CCN(C(=O)c2ccc(F)c(F)c2)CC1. The number of nitrogens with zero attached hydrogens (tertiary/aromatic N) is 2. The van der Waals surface area contributed by atoms with Gasteiger partial charge in [0.1, 0.15) is 0 Å². The minimum atomic E-state index is -1.04. The first kappa shape index (κ1) is 17.1. The van der Waals surface area contributed by atoms with E-state index in [1.165, 1.54) is 6.07 Å². The van der Waals surface area contributed by atoms with Gasteiger partial charge in [0.05, 0.1) is 0 Å². The van der Waals surface area contributed by atoms with Crippen LogP contribution >= 0.6 is 0 Å². The maximum atomic E-state index is 13.3. The summed E-state index contributed by atoms with van der Waals surface area (Å²) >= 11 is 0. The van der Waals surface area contributed by atoms with Gasteiger partial charge in [-0.1, -0.05) is 18.2 Å². The number of hydrogen-bond donors (Lipinski definition) is 0. The number of carbonyl (C=O) groups excluding carboxylic acids is 2. The monoisotopic (exact) mass is 344 g/mol. The average Bonchev–Trinajstić information content (AvgIpc) is 2.63. The molecule has 130 valence electrons. The predicted octanol–water partition coefficient (Wildman–Crippen LogP) is 2.87. The molecule has 0 radical (unpaired) electrons. The Morgan fingerprint density at radius 2 is 1.44 bits per heavy atom. The molecular weight excluding hydrogens is 326 g/mol. The highest BCUT2D eigenvalue weighted by Crippen LogP contribution is 2.15. The van der Waals surface area contributed by atoms with E-state index in [0.29, 0.717) is 31.7 Å². The number of piperazine rings is 1. The van der Waals surface area contributed by atoms with Gasteiger partial charge in [-0.3, -0.25) is 9.59 Å². The third-order valence-corrected chi connectivity index (χ3v) is 4.40. The predicted molar refractivity (Wildman–Crippen MR) is 89.3 cm³/mol. The first-order valence-electron chi connectivity index (χ1n) is 8.06. The second-order valence-electron chi connectivity index (χ2n) is 6.03. The van der Waals surface area contributed by atoms with Gasteiger partial charge in [-0.2, -0.15) is 0 Å². The van der Waals surface area contributed by atoms with Crippen LogP contribution in [0.5, 0.6) is 0 Å². The topological polar surface area (TPSA) is 40.6 Å². The Hall–Kier alpha value is -2.76. The third-order valence-electron chi connectivity index (χ3n) is 4.40. The van der Waals surface area contributed by atoms with E-state index in [1.54, 1.807) is 15.9 Å². The molecule has 2 aromatic rings. The van der Waals surface area contributed by atoms with Crippen molar-refractivity contribution in [3.8, 4) is 0 Å². The summed E-state index contributed by atoms with van der Waals surface area (Å²) in [6, 6.07) is 10.5. The highest BCUT2D eigenvalue weighted by atomic mass is 19.2. The number of rotatable bonds is 2. The molecule has 0 atom stereocenters. The molecule has 0 saturated carbocycles. The van der Waals surface area contributed by atoms with Crippen LogP contribution in [0, 0.1) is 18.6 Å². The zero-order valence-electron chi connectivity index (χ0n) is 13.8. The van der Waals surface area contributed by atoms with Crippen molar-refractivity contribution < 1.29 is 18.4 Å². The van der Waals surface area contributed by atoms with E-state index in [2.05, 4.69) is 0 Å². The van der Waals surface area contributed by atoms with Crippen LogP contribution in [-0.4, -0.2) is 47.8 Å². The van der Waals surface area contributed by atoms with E-state index < -0.39 is 11.6 Å². The Balaban J connectivity index is 1.65. The van der Waals surface area contributed by atoms with E-state index in [-0.39, 0.29) is 17.4 Å². The van der Waals surface area contributed by atoms with Crippen molar-refractivity contribution in [2.45, 2.75) is 6.92 Å². The van der Waals surface area contributed by atoms with E-state index >= 15 is 0 Å². The van der Waals surface area contributed by atoms with Gasteiger partial charge in [0.25, 0.3) is 11.8 Å². The number of aryl methyl sites for hydroxylation is 1. The first-order valence-corrected chi connectivity index (χ1v) is 8.06. The van der Waals surface area contributed by atoms with Crippen molar-refractivity contribution in [1.82, 2.24) is 9.80 Å². The Morgan fingerprint density at radius 3 is 2.04 bits per heavy atom. The summed E-state index contributed by atoms with van der Waals surface area (Å²) in [4.78, 5) is 28.2. The van der Waals surface area contributed by atoms with Crippen LogP contribution in [0.3, 0.4) is 0 Å². The fourth-order valence-corrected chi connectivity index (χ4v) is 2.91. The molecule has 0 spiro atoms. The van der Waals surface area contributed by atoms with Gasteiger partial charge in [-0.15, -0.1) is 0 Å². The molecule has 2 amide bonds. The molecule has 1 heterocycles. The van der Waals surface area contributed by atoms with Crippen molar-refractivity contribution in [1.29, 1.82) is 0 Å². The Labute approximate surface area is 144 Å². The fourth-order valence-electron chi connectivity index (χ4n) is 2.91. The second kappa shape index (κ2) is 7.01.